The Balaban J connectivity index is 0.000000493. The Labute approximate surface area is 205 Å². The van der Waals surface area contributed by atoms with E-state index in [4.69, 9.17) is 14.9 Å². The molecule has 36 heavy (non-hydrogen) atoms. The summed E-state index contributed by atoms with van der Waals surface area (Å²) in [5.74, 6) is -2.55. The van der Waals surface area contributed by atoms with Crippen LogP contribution in [-0.2, 0) is 22.3 Å². The molecule has 0 aliphatic carbocycles. The summed E-state index contributed by atoms with van der Waals surface area (Å²) in [5, 5.41) is 15.6. The van der Waals surface area contributed by atoms with E-state index in [0.29, 0.717) is 29.7 Å². The molecule has 0 spiro atoms. The van der Waals surface area contributed by atoms with Gasteiger partial charge < -0.3 is 24.7 Å². The van der Waals surface area contributed by atoms with E-state index in [0.717, 1.165) is 18.7 Å². The highest BCUT2D eigenvalue weighted by Crippen LogP contribution is 2.30. The van der Waals surface area contributed by atoms with E-state index in [2.05, 4.69) is 4.98 Å². The Kier molecular flexibility index (Phi) is 9.97. The molecular weight excluding hydrogens is 483 g/mol. The highest BCUT2D eigenvalue weighted by molar-refractivity contribution is 5.96. The molecule has 0 fully saturated rings. The number of alkyl halides is 3. The summed E-state index contributed by atoms with van der Waals surface area (Å²) in [4.78, 5) is 39.8. The normalized spacial score (nSPS) is 15.6. The monoisotopic (exact) mass is 509 g/mol. The van der Waals surface area contributed by atoms with Gasteiger partial charge in [0.2, 0.25) is 5.88 Å². The van der Waals surface area contributed by atoms with Crippen LogP contribution < -0.4 is 4.74 Å². The highest BCUT2D eigenvalue weighted by atomic mass is 19.4. The number of hydrogen-bond acceptors (Lipinski definition) is 6. The fraction of sp³-hybridized carbons (Fsp3) is 0.333. The zero-order valence-corrected chi connectivity index (χ0v) is 19.6. The first-order valence-corrected chi connectivity index (χ1v) is 10.7. The number of carbonyl (C=O) groups excluding carboxylic acids is 1. The average Bonchev–Trinajstić information content (AvgIpc) is 2.93. The molecule has 3 rings (SSSR count). The van der Waals surface area contributed by atoms with Gasteiger partial charge in [-0.25, -0.2) is 14.6 Å². The molecule has 1 amide bonds. The molecule has 1 aliphatic heterocycles. The van der Waals surface area contributed by atoms with Crippen molar-refractivity contribution >= 4 is 17.8 Å². The number of aromatic nitrogens is 1. The number of rotatable bonds is 7. The number of carboxylic acid groups (broad SMARTS) is 2. The van der Waals surface area contributed by atoms with E-state index in [-0.39, 0.29) is 31.0 Å². The molecule has 1 aromatic heterocycles. The minimum Gasteiger partial charge on any atom is -0.478 e. The van der Waals surface area contributed by atoms with E-state index >= 15 is 0 Å². The molecule has 1 unspecified atom stereocenters. The molecule has 2 N–H and O–H groups in total. The van der Waals surface area contributed by atoms with Crippen LogP contribution in [0.4, 0.5) is 13.2 Å². The molecule has 12 heteroatoms. The molecule has 0 saturated heterocycles. The van der Waals surface area contributed by atoms with E-state index < -0.39 is 23.7 Å². The third kappa shape index (κ3) is 9.02. The summed E-state index contributed by atoms with van der Waals surface area (Å²) in [6.45, 7) is 1.09. The van der Waals surface area contributed by atoms with Crippen LogP contribution in [0.15, 0.2) is 54.7 Å². The second-order valence-electron chi connectivity index (χ2n) is 8.08. The molecular formula is C24H26F3N3O6. The van der Waals surface area contributed by atoms with Crippen LogP contribution in [0.25, 0.3) is 0 Å². The van der Waals surface area contributed by atoms with Gasteiger partial charge >= 0.3 is 18.1 Å². The standard InChI is InChI=1S/C20H22F3N3O2.C4H4O4/c1-25(2)10-8-16-13-26(19(27)17-7-4-9-24-18(17)28-16)12-14-5-3-6-15(11-14)20(21,22)23;5-3(6)1-2-4(7)8/h3-7,9,11,16H,8,10,12-13H2,1-2H3;1-2H,(H,5,6)(H,7,8). The summed E-state index contributed by atoms with van der Waals surface area (Å²) < 4.78 is 45.0. The number of nitrogens with zero attached hydrogens (tertiary/aromatic N) is 3. The predicted octanol–water partition coefficient (Wildman–Crippen LogP) is 3.17. The highest BCUT2D eigenvalue weighted by Gasteiger charge is 2.32. The maximum absolute atomic E-state index is 13.0. The summed E-state index contributed by atoms with van der Waals surface area (Å²) in [7, 11) is 3.88. The largest absolute Gasteiger partial charge is 0.478 e. The number of hydrogen-bond donors (Lipinski definition) is 2. The summed E-state index contributed by atoms with van der Waals surface area (Å²) in [6.07, 6.45) is -1.39. The number of pyridine rings is 1. The number of carboxylic acids is 2. The minimum absolute atomic E-state index is 0.0684. The van der Waals surface area contributed by atoms with Crippen molar-refractivity contribution in [3.05, 3.63) is 71.4 Å². The number of aliphatic carboxylic acids is 2. The molecule has 9 nitrogen and oxygen atoms in total. The maximum atomic E-state index is 13.0. The number of halogens is 3. The molecule has 0 radical (unpaired) electrons. The van der Waals surface area contributed by atoms with E-state index in [1.54, 1.807) is 24.4 Å². The first-order chi connectivity index (χ1) is 16.9. The van der Waals surface area contributed by atoms with Crippen molar-refractivity contribution in [1.29, 1.82) is 0 Å². The average molecular weight is 509 g/mol. The summed E-state index contributed by atoms with van der Waals surface area (Å²) >= 11 is 0. The molecule has 0 saturated carbocycles. The molecule has 2 heterocycles. The fourth-order valence-corrected chi connectivity index (χ4v) is 3.24. The van der Waals surface area contributed by atoms with Crippen molar-refractivity contribution in [3.8, 4) is 5.88 Å². The van der Waals surface area contributed by atoms with Gasteiger partial charge in [-0.3, -0.25) is 4.79 Å². The first-order valence-electron chi connectivity index (χ1n) is 10.7. The van der Waals surface area contributed by atoms with E-state index in [9.17, 15) is 27.6 Å². The Hall–Kier alpha value is -3.93. The van der Waals surface area contributed by atoms with Crippen LogP contribution in [0.3, 0.4) is 0 Å². The molecule has 2 aromatic rings. The number of benzene rings is 1. The number of carbonyl (C=O) groups is 3. The summed E-state index contributed by atoms with van der Waals surface area (Å²) in [6, 6.07) is 8.32. The quantitative estimate of drug-likeness (QED) is 0.547. The van der Waals surface area contributed by atoms with Crippen LogP contribution in [0.1, 0.15) is 27.9 Å². The van der Waals surface area contributed by atoms with Crippen molar-refractivity contribution in [2.75, 3.05) is 27.2 Å². The van der Waals surface area contributed by atoms with Gasteiger partial charge in [-0.2, -0.15) is 13.2 Å². The van der Waals surface area contributed by atoms with Gasteiger partial charge in [0, 0.05) is 31.4 Å². The molecule has 1 aromatic carbocycles. The van der Waals surface area contributed by atoms with Crippen LogP contribution in [-0.4, -0.2) is 76.1 Å². The van der Waals surface area contributed by atoms with Crippen molar-refractivity contribution in [3.63, 3.8) is 0 Å². The van der Waals surface area contributed by atoms with Crippen molar-refractivity contribution < 1.29 is 42.5 Å². The first kappa shape index (κ1) is 28.3. The molecule has 1 atom stereocenters. The van der Waals surface area contributed by atoms with Gasteiger partial charge in [-0.1, -0.05) is 12.1 Å². The van der Waals surface area contributed by atoms with Gasteiger partial charge in [0.25, 0.3) is 5.91 Å². The second kappa shape index (κ2) is 12.7. The predicted molar refractivity (Wildman–Crippen MR) is 122 cm³/mol. The van der Waals surface area contributed by atoms with Crippen molar-refractivity contribution in [2.45, 2.75) is 25.2 Å². The van der Waals surface area contributed by atoms with Gasteiger partial charge in [0.15, 0.2) is 0 Å². The zero-order chi connectivity index (χ0) is 26.9. The van der Waals surface area contributed by atoms with Crippen molar-refractivity contribution in [2.24, 2.45) is 0 Å². The number of amides is 1. The second-order valence-corrected chi connectivity index (χ2v) is 8.08. The lowest BCUT2D eigenvalue weighted by molar-refractivity contribution is -0.137. The van der Waals surface area contributed by atoms with E-state index in [1.807, 2.05) is 19.0 Å². The van der Waals surface area contributed by atoms with Crippen LogP contribution in [0.5, 0.6) is 5.88 Å². The number of ether oxygens (including phenoxy) is 1. The molecule has 194 valence electrons. The Morgan fingerprint density at radius 1 is 1.17 bits per heavy atom. The Morgan fingerprint density at radius 3 is 2.42 bits per heavy atom. The lowest BCUT2D eigenvalue weighted by Crippen LogP contribution is -2.38. The number of fused-ring (bicyclic) bond motifs is 1. The molecule has 0 bridgehead atoms. The zero-order valence-electron chi connectivity index (χ0n) is 19.6. The maximum Gasteiger partial charge on any atom is 0.416 e. The van der Waals surface area contributed by atoms with Crippen LogP contribution >= 0.6 is 0 Å². The van der Waals surface area contributed by atoms with Crippen LogP contribution in [0, 0.1) is 0 Å². The SMILES string of the molecule is CN(C)CCC1CN(Cc2cccc(C(F)(F)F)c2)C(=O)c2cccnc2O1.O=C(O)C=CC(=O)O. The van der Waals surface area contributed by atoms with E-state index in [1.165, 1.54) is 11.0 Å². The molecule has 1 aliphatic rings. The smallest absolute Gasteiger partial charge is 0.416 e. The van der Waals surface area contributed by atoms with Gasteiger partial charge in [-0.05, 0) is 50.3 Å². The topological polar surface area (TPSA) is 120 Å². The lowest BCUT2D eigenvalue weighted by Gasteiger charge is -2.25. The summed E-state index contributed by atoms with van der Waals surface area (Å²) in [5.41, 5.74) is 0.0125. The third-order valence-electron chi connectivity index (χ3n) is 4.89. The third-order valence-corrected chi connectivity index (χ3v) is 4.89. The lowest BCUT2D eigenvalue weighted by atomic mass is 10.1. The van der Waals surface area contributed by atoms with Gasteiger partial charge in [0.05, 0.1) is 12.1 Å². The minimum atomic E-state index is -4.42. The van der Waals surface area contributed by atoms with Gasteiger partial charge in [-0.15, -0.1) is 0 Å². The van der Waals surface area contributed by atoms with Gasteiger partial charge in [0.1, 0.15) is 11.7 Å². The van der Waals surface area contributed by atoms with Crippen LogP contribution in [0.2, 0.25) is 0 Å². The van der Waals surface area contributed by atoms with Crippen molar-refractivity contribution in [1.82, 2.24) is 14.8 Å². The Bertz CT molecular complexity index is 1090. The Morgan fingerprint density at radius 2 is 1.83 bits per heavy atom. The fourth-order valence-electron chi connectivity index (χ4n) is 3.24.